The third-order valence-electron chi connectivity index (χ3n) is 5.92. The molecule has 3 aromatic carbocycles. The molecule has 1 amide bonds. The number of ether oxygens (including phenoxy) is 1. The predicted molar refractivity (Wildman–Crippen MR) is 129 cm³/mol. The molecule has 1 aliphatic heterocycles. The van der Waals surface area contributed by atoms with E-state index in [1.165, 1.54) is 12.1 Å². The Kier molecular flexibility index (Phi) is 6.07. The summed E-state index contributed by atoms with van der Waals surface area (Å²) in [6.45, 7) is 3.04. The fraction of sp³-hybridized carbons (Fsp3) is 0.185. The number of aromatic amines is 1. The molecule has 4 aromatic rings. The molecule has 0 bridgehead atoms. The number of nitrogens with zero attached hydrogens (tertiary/aromatic N) is 2. The van der Waals surface area contributed by atoms with Crippen molar-refractivity contribution < 1.29 is 13.9 Å². The van der Waals surface area contributed by atoms with Gasteiger partial charge in [-0.2, -0.15) is 5.10 Å². The lowest BCUT2D eigenvalue weighted by Crippen LogP contribution is -2.29. The molecule has 7 heteroatoms. The summed E-state index contributed by atoms with van der Waals surface area (Å²) in [5, 5.41) is 8.07. The predicted octanol–water partition coefficient (Wildman–Crippen LogP) is 6.40. The average Bonchev–Trinajstić information content (AvgIpc) is 3.39. The van der Waals surface area contributed by atoms with E-state index in [2.05, 4.69) is 17.1 Å². The Hall–Kier alpha value is -3.64. The van der Waals surface area contributed by atoms with E-state index < -0.39 is 0 Å². The Bertz CT molecular complexity index is 1300. The number of hydrogen-bond donors (Lipinski definition) is 1. The summed E-state index contributed by atoms with van der Waals surface area (Å²) in [7, 11) is 0. The van der Waals surface area contributed by atoms with E-state index in [0.29, 0.717) is 29.6 Å². The summed E-state index contributed by atoms with van der Waals surface area (Å²) in [6.07, 6.45) is 0.924. The number of rotatable bonds is 7. The van der Waals surface area contributed by atoms with E-state index in [4.69, 9.17) is 16.3 Å². The van der Waals surface area contributed by atoms with E-state index in [1.807, 2.05) is 36.4 Å². The van der Waals surface area contributed by atoms with Gasteiger partial charge in [0.15, 0.2) is 0 Å². The van der Waals surface area contributed by atoms with Gasteiger partial charge in [0.2, 0.25) is 0 Å². The summed E-state index contributed by atoms with van der Waals surface area (Å²) in [5.74, 6) is 0.323. The van der Waals surface area contributed by atoms with Crippen molar-refractivity contribution in [3.63, 3.8) is 0 Å². The van der Waals surface area contributed by atoms with Gasteiger partial charge in [0.25, 0.3) is 5.91 Å². The van der Waals surface area contributed by atoms with Crippen LogP contribution in [-0.4, -0.2) is 27.6 Å². The molecule has 0 saturated heterocycles. The van der Waals surface area contributed by atoms with Crippen molar-refractivity contribution in [2.45, 2.75) is 25.9 Å². The Morgan fingerprint density at radius 1 is 1.03 bits per heavy atom. The summed E-state index contributed by atoms with van der Waals surface area (Å²) in [5.41, 5.74) is 4.63. The second kappa shape index (κ2) is 9.31. The largest absolute Gasteiger partial charge is 0.494 e. The molecule has 34 heavy (non-hydrogen) atoms. The molecular formula is C27H23ClFN3O2. The number of carbonyl (C=O) groups is 1. The van der Waals surface area contributed by atoms with Gasteiger partial charge in [-0.3, -0.25) is 9.89 Å². The van der Waals surface area contributed by atoms with Crippen molar-refractivity contribution in [1.82, 2.24) is 15.1 Å². The summed E-state index contributed by atoms with van der Waals surface area (Å²) >= 11 is 6.08. The lowest BCUT2D eigenvalue weighted by Gasteiger charge is -2.26. The first-order valence-corrected chi connectivity index (χ1v) is 11.6. The first-order valence-electron chi connectivity index (χ1n) is 11.2. The molecule has 2 heterocycles. The smallest absolute Gasteiger partial charge is 0.273 e. The van der Waals surface area contributed by atoms with Crippen LogP contribution in [0.15, 0.2) is 72.8 Å². The lowest BCUT2D eigenvalue weighted by molar-refractivity contribution is 0.0730. The van der Waals surface area contributed by atoms with Crippen molar-refractivity contribution in [3.05, 3.63) is 106 Å². The number of benzene rings is 3. The van der Waals surface area contributed by atoms with Gasteiger partial charge in [0.05, 0.1) is 18.3 Å². The van der Waals surface area contributed by atoms with Crippen LogP contribution in [0.2, 0.25) is 5.02 Å². The normalized spacial score (nSPS) is 15.0. The molecule has 5 rings (SSSR count). The number of fused-ring (bicyclic) bond motifs is 1. The quantitative estimate of drug-likeness (QED) is 0.336. The van der Waals surface area contributed by atoms with Crippen molar-refractivity contribution in [1.29, 1.82) is 0 Å². The Labute approximate surface area is 202 Å². The van der Waals surface area contributed by atoms with Gasteiger partial charge in [0, 0.05) is 22.7 Å². The third kappa shape index (κ3) is 4.17. The van der Waals surface area contributed by atoms with Crippen molar-refractivity contribution in [3.8, 4) is 17.0 Å². The Morgan fingerprint density at radius 2 is 1.74 bits per heavy atom. The first kappa shape index (κ1) is 22.2. The maximum Gasteiger partial charge on any atom is 0.273 e. The molecule has 1 unspecified atom stereocenters. The minimum Gasteiger partial charge on any atom is -0.494 e. The van der Waals surface area contributed by atoms with Crippen molar-refractivity contribution >= 4 is 17.5 Å². The van der Waals surface area contributed by atoms with Gasteiger partial charge in [-0.1, -0.05) is 54.9 Å². The molecule has 172 valence electrons. The molecule has 1 atom stereocenters. The van der Waals surface area contributed by atoms with Gasteiger partial charge in [-0.05, 0) is 53.9 Å². The summed E-state index contributed by atoms with van der Waals surface area (Å²) in [4.78, 5) is 15.3. The zero-order chi connectivity index (χ0) is 23.7. The fourth-order valence-electron chi connectivity index (χ4n) is 4.29. The van der Waals surface area contributed by atoms with Gasteiger partial charge in [-0.25, -0.2) is 4.39 Å². The minimum absolute atomic E-state index is 0.150. The standard InChI is InChI=1S/C27H23ClFN3O2/c1-2-15-34-22-13-7-19(8-14-22)26-23-24(18-5-9-20(28)10-6-18)30-31-25(23)27(33)32(26)16-17-3-11-21(29)12-4-17/h3-14,26H,2,15-16H2,1H3,(H,30,31). The molecule has 5 nitrogen and oxygen atoms in total. The van der Waals surface area contributed by atoms with Gasteiger partial charge >= 0.3 is 0 Å². The molecule has 0 radical (unpaired) electrons. The molecule has 0 saturated carbocycles. The molecule has 1 aromatic heterocycles. The number of aromatic nitrogens is 2. The monoisotopic (exact) mass is 475 g/mol. The van der Waals surface area contributed by atoms with Crippen LogP contribution < -0.4 is 4.74 Å². The second-order valence-corrected chi connectivity index (χ2v) is 8.68. The number of nitrogens with one attached hydrogen (secondary N) is 1. The van der Waals surface area contributed by atoms with Crippen LogP contribution in [0.1, 0.15) is 46.6 Å². The van der Waals surface area contributed by atoms with Crippen LogP contribution in [0, 0.1) is 5.82 Å². The third-order valence-corrected chi connectivity index (χ3v) is 6.17. The Morgan fingerprint density at radius 3 is 2.41 bits per heavy atom. The van der Waals surface area contributed by atoms with Crippen LogP contribution in [0.25, 0.3) is 11.3 Å². The zero-order valence-electron chi connectivity index (χ0n) is 18.6. The lowest BCUT2D eigenvalue weighted by atomic mass is 9.96. The number of carbonyl (C=O) groups excluding carboxylic acids is 1. The number of amides is 1. The topological polar surface area (TPSA) is 58.2 Å². The van der Waals surface area contributed by atoms with Crippen molar-refractivity contribution in [2.24, 2.45) is 0 Å². The molecule has 0 fully saturated rings. The average molecular weight is 476 g/mol. The molecule has 1 aliphatic rings. The summed E-state index contributed by atoms with van der Waals surface area (Å²) < 4.78 is 19.2. The highest BCUT2D eigenvalue weighted by molar-refractivity contribution is 6.30. The molecular weight excluding hydrogens is 453 g/mol. The van der Waals surface area contributed by atoms with Crippen LogP contribution in [0.3, 0.4) is 0 Å². The minimum atomic E-state index is -0.364. The van der Waals surface area contributed by atoms with Gasteiger partial charge < -0.3 is 9.64 Å². The van der Waals surface area contributed by atoms with Gasteiger partial charge in [0.1, 0.15) is 17.3 Å². The molecule has 0 spiro atoms. The van der Waals surface area contributed by atoms with E-state index >= 15 is 0 Å². The van der Waals surface area contributed by atoms with Crippen LogP contribution in [0.5, 0.6) is 5.75 Å². The van der Waals surface area contributed by atoms with Crippen LogP contribution >= 0.6 is 11.6 Å². The SMILES string of the molecule is CCCOc1ccc(C2c3c(-c4ccc(Cl)cc4)n[nH]c3C(=O)N2Cc2ccc(F)cc2)cc1. The van der Waals surface area contributed by atoms with Crippen LogP contribution in [0.4, 0.5) is 4.39 Å². The number of halogens is 2. The molecule has 1 N–H and O–H groups in total. The summed E-state index contributed by atoms with van der Waals surface area (Å²) in [6, 6.07) is 21.1. The molecule has 0 aliphatic carbocycles. The second-order valence-electron chi connectivity index (χ2n) is 8.25. The van der Waals surface area contributed by atoms with Crippen LogP contribution in [-0.2, 0) is 6.54 Å². The highest BCUT2D eigenvalue weighted by atomic mass is 35.5. The first-order chi connectivity index (χ1) is 16.5. The Balaban J connectivity index is 1.58. The van der Waals surface area contributed by atoms with E-state index in [9.17, 15) is 9.18 Å². The highest BCUT2D eigenvalue weighted by Gasteiger charge is 2.42. The zero-order valence-corrected chi connectivity index (χ0v) is 19.3. The van der Waals surface area contributed by atoms with Crippen molar-refractivity contribution in [2.75, 3.05) is 6.61 Å². The maximum absolute atomic E-state index is 13.5. The fourth-order valence-corrected chi connectivity index (χ4v) is 4.41. The highest BCUT2D eigenvalue weighted by Crippen LogP contribution is 2.43. The number of H-pyrrole nitrogens is 1. The van der Waals surface area contributed by atoms with E-state index in [-0.39, 0.29) is 17.8 Å². The van der Waals surface area contributed by atoms with Gasteiger partial charge in [-0.15, -0.1) is 0 Å². The van der Waals surface area contributed by atoms with E-state index in [0.717, 1.165) is 34.4 Å². The maximum atomic E-state index is 13.5. The van der Waals surface area contributed by atoms with E-state index in [1.54, 1.807) is 29.2 Å². The number of hydrogen-bond acceptors (Lipinski definition) is 3.